The molecule has 3 aliphatic heterocycles. The number of thiazole rings is 1. The zero-order valence-corrected chi connectivity index (χ0v) is 27.7. The molecule has 5 heterocycles. The van der Waals surface area contributed by atoms with Gasteiger partial charge in [0.15, 0.2) is 5.13 Å². The fourth-order valence-corrected chi connectivity index (χ4v) is 8.10. The zero-order chi connectivity index (χ0) is 31.4. The minimum Gasteiger partial charge on any atom is -0.392 e. The molecule has 0 bridgehead atoms. The fourth-order valence-electron chi connectivity index (χ4n) is 7.18. The van der Waals surface area contributed by atoms with Crippen LogP contribution in [0.5, 0.6) is 0 Å². The van der Waals surface area contributed by atoms with Crippen LogP contribution in [0.25, 0.3) is 10.9 Å². The number of aliphatic hydroxyl groups excluding tert-OH is 1. The Morgan fingerprint density at radius 1 is 1.07 bits per heavy atom. The lowest BCUT2D eigenvalue weighted by Gasteiger charge is -2.35. The van der Waals surface area contributed by atoms with Gasteiger partial charge in [-0.3, -0.25) is 14.7 Å². The monoisotopic (exact) mass is 635 g/mol. The second kappa shape index (κ2) is 14.3. The van der Waals surface area contributed by atoms with Gasteiger partial charge < -0.3 is 30.2 Å². The van der Waals surface area contributed by atoms with Crippen molar-refractivity contribution in [2.75, 3.05) is 75.2 Å². The highest BCUT2D eigenvalue weighted by Crippen LogP contribution is 2.36. The number of hydrogen-bond acceptors (Lipinski definition) is 10. The highest BCUT2D eigenvalue weighted by molar-refractivity contribution is 7.13. The van der Waals surface area contributed by atoms with Gasteiger partial charge in [0, 0.05) is 81.3 Å². The number of anilines is 2. The van der Waals surface area contributed by atoms with Crippen molar-refractivity contribution < 1.29 is 15.0 Å². The number of piperidine rings is 1. The van der Waals surface area contributed by atoms with Crippen LogP contribution in [0.3, 0.4) is 0 Å². The molecule has 1 atom stereocenters. The van der Waals surface area contributed by atoms with E-state index in [1.165, 1.54) is 12.8 Å². The number of amides is 1. The van der Waals surface area contributed by atoms with Crippen LogP contribution >= 0.6 is 11.3 Å². The number of aromatic nitrogens is 2. The molecule has 0 spiro atoms. The van der Waals surface area contributed by atoms with Gasteiger partial charge in [-0.2, -0.15) is 0 Å². The SMILES string of the molecule is Cc1cc2cccnc2c(N2CCCN(C(CC(=O)NCCN3CCCC3)c3csc(N4CCC(C)(O)CC4)n3)CC2)c1CO. The van der Waals surface area contributed by atoms with E-state index in [4.69, 9.17) is 9.97 Å². The number of fused-ring (bicyclic) bond motifs is 1. The maximum Gasteiger partial charge on any atom is 0.222 e. The van der Waals surface area contributed by atoms with Gasteiger partial charge in [0.1, 0.15) is 0 Å². The predicted octanol–water partition coefficient (Wildman–Crippen LogP) is 3.70. The topological polar surface area (TPSA) is 108 Å². The fraction of sp³-hybridized carbons (Fsp3) is 0.618. The van der Waals surface area contributed by atoms with Gasteiger partial charge in [-0.25, -0.2) is 4.98 Å². The molecule has 1 aromatic carbocycles. The molecule has 3 N–H and O–H groups in total. The highest BCUT2D eigenvalue weighted by atomic mass is 32.1. The van der Waals surface area contributed by atoms with Crippen LogP contribution in [0, 0.1) is 6.92 Å². The van der Waals surface area contributed by atoms with Gasteiger partial charge in [-0.15, -0.1) is 11.3 Å². The lowest BCUT2D eigenvalue weighted by molar-refractivity contribution is -0.122. The number of benzene rings is 1. The number of nitrogens with zero attached hydrogens (tertiary/aromatic N) is 6. The summed E-state index contributed by atoms with van der Waals surface area (Å²) in [4.78, 5) is 32.8. The van der Waals surface area contributed by atoms with E-state index in [0.29, 0.717) is 13.0 Å². The third kappa shape index (κ3) is 7.60. The maximum absolute atomic E-state index is 13.4. The zero-order valence-electron chi connectivity index (χ0n) is 26.9. The number of rotatable bonds is 10. The molecule has 11 heteroatoms. The largest absolute Gasteiger partial charge is 0.392 e. The summed E-state index contributed by atoms with van der Waals surface area (Å²) in [5.41, 5.74) is 4.31. The van der Waals surface area contributed by atoms with E-state index in [2.05, 4.69) is 49.4 Å². The van der Waals surface area contributed by atoms with E-state index in [0.717, 1.165) is 117 Å². The second-order valence-electron chi connectivity index (χ2n) is 13.3. The molecule has 3 aliphatic rings. The Labute approximate surface area is 271 Å². The summed E-state index contributed by atoms with van der Waals surface area (Å²) >= 11 is 1.64. The van der Waals surface area contributed by atoms with E-state index in [1.807, 2.05) is 19.2 Å². The van der Waals surface area contributed by atoms with Crippen molar-refractivity contribution in [1.82, 2.24) is 25.1 Å². The summed E-state index contributed by atoms with van der Waals surface area (Å²) in [6.45, 7) is 12.6. The van der Waals surface area contributed by atoms with Crippen LogP contribution in [-0.4, -0.2) is 107 Å². The molecule has 0 saturated carbocycles. The van der Waals surface area contributed by atoms with E-state index >= 15 is 0 Å². The Balaban J connectivity index is 1.20. The normalized spacial score (nSPS) is 20.4. The van der Waals surface area contributed by atoms with Gasteiger partial charge >= 0.3 is 0 Å². The Bertz CT molecular complexity index is 1450. The number of aryl methyl sites for hydroxylation is 1. The number of nitrogens with one attached hydrogen (secondary N) is 1. The van der Waals surface area contributed by atoms with Gasteiger partial charge in [0.25, 0.3) is 0 Å². The van der Waals surface area contributed by atoms with E-state index in [-0.39, 0.29) is 18.6 Å². The Hall–Kier alpha value is -2.83. The van der Waals surface area contributed by atoms with Crippen LogP contribution in [0.4, 0.5) is 10.8 Å². The van der Waals surface area contributed by atoms with E-state index in [1.54, 1.807) is 11.3 Å². The molecule has 1 unspecified atom stereocenters. The average molecular weight is 636 g/mol. The summed E-state index contributed by atoms with van der Waals surface area (Å²) in [6.07, 6.45) is 7.07. The molecule has 3 fully saturated rings. The quantitative estimate of drug-likeness (QED) is 0.307. The summed E-state index contributed by atoms with van der Waals surface area (Å²) in [7, 11) is 0. The third-order valence-electron chi connectivity index (χ3n) is 9.93. The molecule has 0 radical (unpaired) electrons. The Morgan fingerprint density at radius 2 is 1.87 bits per heavy atom. The lowest BCUT2D eigenvalue weighted by atomic mass is 9.94. The molecule has 244 valence electrons. The second-order valence-corrected chi connectivity index (χ2v) is 14.1. The van der Waals surface area contributed by atoms with Crippen LogP contribution in [-0.2, 0) is 11.4 Å². The average Bonchev–Trinajstić information content (AvgIpc) is 3.67. The molecule has 3 aromatic rings. The summed E-state index contributed by atoms with van der Waals surface area (Å²) in [6, 6.07) is 6.04. The molecule has 6 rings (SSSR count). The van der Waals surface area contributed by atoms with Gasteiger partial charge in [0.2, 0.25) is 5.91 Å². The Kier molecular flexibility index (Phi) is 10.2. The minimum absolute atomic E-state index is 0.0261. The van der Waals surface area contributed by atoms with E-state index in [9.17, 15) is 15.0 Å². The van der Waals surface area contributed by atoms with Crippen molar-refractivity contribution in [1.29, 1.82) is 0 Å². The van der Waals surface area contributed by atoms with Crippen molar-refractivity contribution in [3.8, 4) is 0 Å². The van der Waals surface area contributed by atoms with Crippen LogP contribution < -0.4 is 15.1 Å². The number of carbonyl (C=O) groups excluding carboxylic acids is 1. The Morgan fingerprint density at radius 3 is 2.64 bits per heavy atom. The van der Waals surface area contributed by atoms with Crippen molar-refractivity contribution in [3.63, 3.8) is 0 Å². The van der Waals surface area contributed by atoms with Crippen molar-refractivity contribution in [3.05, 3.63) is 46.6 Å². The lowest BCUT2D eigenvalue weighted by Crippen LogP contribution is -2.42. The predicted molar refractivity (Wildman–Crippen MR) is 181 cm³/mol. The highest BCUT2D eigenvalue weighted by Gasteiger charge is 2.32. The molecule has 45 heavy (non-hydrogen) atoms. The van der Waals surface area contributed by atoms with Crippen molar-refractivity contribution in [2.45, 2.75) is 70.6 Å². The van der Waals surface area contributed by atoms with Crippen LogP contribution in [0.1, 0.15) is 68.3 Å². The molecule has 3 saturated heterocycles. The van der Waals surface area contributed by atoms with Crippen molar-refractivity contribution in [2.24, 2.45) is 0 Å². The first-order chi connectivity index (χ1) is 21.8. The number of aliphatic hydroxyl groups is 2. The van der Waals surface area contributed by atoms with Gasteiger partial charge in [-0.05, 0) is 76.7 Å². The van der Waals surface area contributed by atoms with Crippen molar-refractivity contribution >= 4 is 39.0 Å². The van der Waals surface area contributed by atoms with Crippen LogP contribution in [0.2, 0.25) is 0 Å². The van der Waals surface area contributed by atoms with Gasteiger partial charge in [-0.1, -0.05) is 6.07 Å². The minimum atomic E-state index is -0.613. The molecular weight excluding hydrogens is 586 g/mol. The van der Waals surface area contributed by atoms with E-state index < -0.39 is 5.60 Å². The smallest absolute Gasteiger partial charge is 0.222 e. The standard InChI is InChI=1S/C34H49N7O3S/c1-25-21-26-7-5-10-36-31(26)32(27(25)23-42)40-15-6-14-39(19-20-40)29(22-30(43)35-11-18-38-12-3-4-13-38)28-24-45-33(37-28)41-16-8-34(2,44)9-17-41/h5,7,10,21,24,29,42,44H,3-4,6,8-9,11-20,22-23H2,1-2H3,(H,35,43). The third-order valence-corrected chi connectivity index (χ3v) is 10.9. The number of hydrogen-bond donors (Lipinski definition) is 3. The number of likely N-dealkylation sites (tertiary alicyclic amines) is 1. The maximum atomic E-state index is 13.4. The van der Waals surface area contributed by atoms with Crippen LogP contribution in [0.15, 0.2) is 29.8 Å². The number of pyridine rings is 1. The molecule has 10 nitrogen and oxygen atoms in total. The first-order valence-electron chi connectivity index (χ1n) is 16.7. The molecule has 1 amide bonds. The first kappa shape index (κ1) is 32.1. The summed E-state index contributed by atoms with van der Waals surface area (Å²) < 4.78 is 0. The first-order valence-corrected chi connectivity index (χ1v) is 17.6. The molecule has 2 aromatic heterocycles. The molecule has 0 aliphatic carbocycles. The number of carbonyl (C=O) groups is 1. The summed E-state index contributed by atoms with van der Waals surface area (Å²) in [5.74, 6) is 0.0697. The molecular formula is C34H49N7O3S. The summed E-state index contributed by atoms with van der Waals surface area (Å²) in [5, 5.41) is 28.2. The van der Waals surface area contributed by atoms with Gasteiger partial charge in [0.05, 0.1) is 35.1 Å².